The van der Waals surface area contributed by atoms with E-state index in [1.54, 1.807) is 0 Å². The van der Waals surface area contributed by atoms with Crippen molar-refractivity contribution in [3.63, 3.8) is 0 Å². The second-order valence-corrected chi connectivity index (χ2v) is 9.67. The van der Waals surface area contributed by atoms with Crippen molar-refractivity contribution in [3.8, 4) is 22.5 Å². The molecule has 0 saturated heterocycles. The minimum absolute atomic E-state index is 0.977. The van der Waals surface area contributed by atoms with Gasteiger partial charge in [-0.25, -0.2) is 4.98 Å². The van der Waals surface area contributed by atoms with E-state index in [4.69, 9.17) is 4.98 Å². The molecular formula is C35H23N3. The highest BCUT2D eigenvalue weighted by Crippen LogP contribution is 2.40. The zero-order chi connectivity index (χ0) is 25.1. The van der Waals surface area contributed by atoms with Crippen LogP contribution in [-0.4, -0.2) is 14.1 Å². The summed E-state index contributed by atoms with van der Waals surface area (Å²) in [6, 6.07) is 47.5. The summed E-state index contributed by atoms with van der Waals surface area (Å²) >= 11 is 0. The minimum atomic E-state index is 0.977. The van der Waals surface area contributed by atoms with Gasteiger partial charge in [-0.1, -0.05) is 72.8 Å². The van der Waals surface area contributed by atoms with Crippen LogP contribution < -0.4 is 0 Å². The molecule has 0 aliphatic carbocycles. The van der Waals surface area contributed by atoms with E-state index in [-0.39, 0.29) is 0 Å². The fourth-order valence-electron chi connectivity index (χ4n) is 5.97. The first-order valence-electron chi connectivity index (χ1n) is 12.9. The molecule has 0 unspecified atom stereocenters. The average Bonchev–Trinajstić information content (AvgIpc) is 3.51. The van der Waals surface area contributed by atoms with Crippen molar-refractivity contribution >= 4 is 43.7 Å². The van der Waals surface area contributed by atoms with Crippen LogP contribution in [0.1, 0.15) is 0 Å². The van der Waals surface area contributed by atoms with Gasteiger partial charge in [-0.05, 0) is 71.8 Å². The summed E-state index contributed by atoms with van der Waals surface area (Å²) < 4.78 is 4.63. The van der Waals surface area contributed by atoms with Crippen LogP contribution in [0.3, 0.4) is 0 Å². The van der Waals surface area contributed by atoms with E-state index >= 15 is 0 Å². The summed E-state index contributed by atoms with van der Waals surface area (Å²) in [6.45, 7) is 0. The number of pyridine rings is 1. The van der Waals surface area contributed by atoms with Crippen molar-refractivity contribution in [1.29, 1.82) is 0 Å². The van der Waals surface area contributed by atoms with Crippen LogP contribution in [0.5, 0.6) is 0 Å². The molecule has 3 heterocycles. The number of benzene rings is 5. The van der Waals surface area contributed by atoms with Crippen LogP contribution in [-0.2, 0) is 0 Å². The first kappa shape index (κ1) is 21.0. The van der Waals surface area contributed by atoms with Gasteiger partial charge in [0.05, 0.1) is 16.6 Å². The van der Waals surface area contributed by atoms with Crippen molar-refractivity contribution in [3.05, 3.63) is 140 Å². The maximum absolute atomic E-state index is 4.78. The molecule has 0 N–H and O–H groups in total. The van der Waals surface area contributed by atoms with E-state index < -0.39 is 0 Å². The molecule has 0 aliphatic heterocycles. The Morgan fingerprint density at radius 1 is 0.447 bits per heavy atom. The first-order valence-corrected chi connectivity index (χ1v) is 12.9. The minimum Gasteiger partial charge on any atom is -0.309 e. The van der Waals surface area contributed by atoms with Gasteiger partial charge >= 0.3 is 0 Å². The van der Waals surface area contributed by atoms with Crippen molar-refractivity contribution in [2.24, 2.45) is 0 Å². The van der Waals surface area contributed by atoms with E-state index in [0.29, 0.717) is 0 Å². The number of hydrogen-bond acceptors (Lipinski definition) is 1. The SMILES string of the molecule is c1ccc(-n2c3ccccc3c3c(-c4ccc5c(c4)c4cccnc4n5-c4ccccc4)cccc32)cc1. The number of hydrogen-bond donors (Lipinski definition) is 0. The molecule has 8 rings (SSSR count). The lowest BCUT2D eigenvalue weighted by Gasteiger charge is -2.09. The summed E-state index contributed by atoms with van der Waals surface area (Å²) in [5, 5.41) is 4.90. The van der Waals surface area contributed by atoms with Gasteiger partial charge in [0, 0.05) is 39.1 Å². The molecule has 0 aliphatic rings. The van der Waals surface area contributed by atoms with Gasteiger partial charge in [-0.2, -0.15) is 0 Å². The van der Waals surface area contributed by atoms with Crippen molar-refractivity contribution in [2.75, 3.05) is 0 Å². The molecular weight excluding hydrogens is 462 g/mol. The molecule has 0 radical (unpaired) electrons. The van der Waals surface area contributed by atoms with Crippen LogP contribution in [0.2, 0.25) is 0 Å². The molecule has 0 fully saturated rings. The number of aromatic nitrogens is 3. The second-order valence-electron chi connectivity index (χ2n) is 9.67. The van der Waals surface area contributed by atoms with Gasteiger partial charge < -0.3 is 4.57 Å². The molecule has 3 nitrogen and oxygen atoms in total. The van der Waals surface area contributed by atoms with Crippen LogP contribution >= 0.6 is 0 Å². The molecule has 8 aromatic rings. The Morgan fingerprint density at radius 2 is 1.11 bits per heavy atom. The summed E-state index contributed by atoms with van der Waals surface area (Å²) in [7, 11) is 0. The fourth-order valence-corrected chi connectivity index (χ4v) is 5.97. The zero-order valence-corrected chi connectivity index (χ0v) is 20.6. The monoisotopic (exact) mass is 485 g/mol. The fraction of sp³-hybridized carbons (Fsp3) is 0. The third-order valence-electron chi connectivity index (χ3n) is 7.56. The van der Waals surface area contributed by atoms with E-state index in [1.165, 1.54) is 44.0 Å². The van der Waals surface area contributed by atoms with Crippen LogP contribution in [0.4, 0.5) is 0 Å². The number of fused-ring (bicyclic) bond motifs is 6. The molecule has 0 saturated carbocycles. The van der Waals surface area contributed by atoms with Crippen molar-refractivity contribution in [1.82, 2.24) is 14.1 Å². The Labute approximate surface area is 219 Å². The Balaban J connectivity index is 1.44. The zero-order valence-electron chi connectivity index (χ0n) is 20.6. The maximum Gasteiger partial charge on any atom is 0.145 e. The molecule has 3 aromatic heterocycles. The standard InChI is InChI=1S/C35H23N3/c1-3-11-25(12-4-1)37-31-18-8-7-15-29(31)34-27(16-9-19-33(34)37)24-20-21-32-30(23-24)28-17-10-22-36-35(28)38(32)26-13-5-2-6-14-26/h1-23H. The molecule has 178 valence electrons. The van der Waals surface area contributed by atoms with E-state index in [9.17, 15) is 0 Å². The van der Waals surface area contributed by atoms with Gasteiger partial charge in [0.2, 0.25) is 0 Å². The number of rotatable bonds is 3. The van der Waals surface area contributed by atoms with Gasteiger partial charge in [0.1, 0.15) is 5.65 Å². The van der Waals surface area contributed by atoms with E-state index in [0.717, 1.165) is 22.2 Å². The van der Waals surface area contributed by atoms with E-state index in [2.05, 4.69) is 137 Å². The summed E-state index contributed by atoms with van der Waals surface area (Å²) in [5.74, 6) is 0. The van der Waals surface area contributed by atoms with E-state index in [1.807, 2.05) is 12.3 Å². The van der Waals surface area contributed by atoms with Crippen LogP contribution in [0, 0.1) is 0 Å². The summed E-state index contributed by atoms with van der Waals surface area (Å²) in [5.41, 5.74) is 9.29. The maximum atomic E-state index is 4.78. The Bertz CT molecular complexity index is 2120. The van der Waals surface area contributed by atoms with Gasteiger partial charge in [0.25, 0.3) is 0 Å². The lowest BCUT2D eigenvalue weighted by atomic mass is 9.98. The number of para-hydroxylation sites is 3. The smallest absolute Gasteiger partial charge is 0.145 e. The first-order chi connectivity index (χ1) is 18.9. The number of nitrogens with zero attached hydrogens (tertiary/aromatic N) is 3. The summed E-state index contributed by atoms with van der Waals surface area (Å²) in [4.78, 5) is 4.78. The topological polar surface area (TPSA) is 22.8 Å². The molecule has 3 heteroatoms. The molecule has 0 amide bonds. The molecule has 0 bridgehead atoms. The predicted molar refractivity (Wildman–Crippen MR) is 158 cm³/mol. The molecule has 0 spiro atoms. The molecule has 5 aromatic carbocycles. The van der Waals surface area contributed by atoms with Crippen LogP contribution in [0.15, 0.2) is 140 Å². The normalized spacial score (nSPS) is 11.7. The quantitative estimate of drug-likeness (QED) is 0.245. The highest BCUT2D eigenvalue weighted by Gasteiger charge is 2.18. The Kier molecular flexibility index (Phi) is 4.52. The second kappa shape index (κ2) is 8.19. The van der Waals surface area contributed by atoms with Crippen LogP contribution in [0.25, 0.3) is 66.2 Å². The van der Waals surface area contributed by atoms with Gasteiger partial charge in [0.15, 0.2) is 0 Å². The lowest BCUT2D eigenvalue weighted by molar-refractivity contribution is 1.14. The third-order valence-corrected chi connectivity index (χ3v) is 7.56. The largest absolute Gasteiger partial charge is 0.309 e. The van der Waals surface area contributed by atoms with Crippen molar-refractivity contribution in [2.45, 2.75) is 0 Å². The van der Waals surface area contributed by atoms with Gasteiger partial charge in [-0.15, -0.1) is 0 Å². The highest BCUT2D eigenvalue weighted by atomic mass is 15.0. The highest BCUT2D eigenvalue weighted by molar-refractivity contribution is 6.17. The Morgan fingerprint density at radius 3 is 1.92 bits per heavy atom. The third kappa shape index (κ3) is 2.99. The summed E-state index contributed by atoms with van der Waals surface area (Å²) in [6.07, 6.45) is 1.88. The lowest BCUT2D eigenvalue weighted by Crippen LogP contribution is -1.94. The molecule has 0 atom stereocenters. The molecule has 38 heavy (non-hydrogen) atoms. The Hall–Kier alpha value is -5.15. The average molecular weight is 486 g/mol. The predicted octanol–water partition coefficient (Wildman–Crippen LogP) is 8.94. The van der Waals surface area contributed by atoms with Gasteiger partial charge in [-0.3, -0.25) is 4.57 Å². The van der Waals surface area contributed by atoms with Crippen molar-refractivity contribution < 1.29 is 0 Å².